The van der Waals surface area contributed by atoms with E-state index in [1.165, 1.54) is 35.1 Å². The molecule has 2 aromatic rings. The van der Waals surface area contributed by atoms with Crippen LogP contribution in [0.1, 0.15) is 6.92 Å². The SMILES string of the molecule is CC1=NN(c2ccccc2)C(=O)[C@@H]1/C=N\NC(=O)CSc1ccc([N+](=O)[O-])cc1. The van der Waals surface area contributed by atoms with Gasteiger partial charge in [-0.3, -0.25) is 19.7 Å². The smallest absolute Gasteiger partial charge is 0.269 e. The normalized spacial score (nSPS) is 16.2. The summed E-state index contributed by atoms with van der Waals surface area (Å²) in [5.74, 6) is -1.16. The summed E-state index contributed by atoms with van der Waals surface area (Å²) < 4.78 is 0. The Bertz CT molecular complexity index is 976. The quantitative estimate of drug-likeness (QED) is 0.325. The van der Waals surface area contributed by atoms with Crippen LogP contribution in [0.15, 0.2) is 69.7 Å². The number of hydrogen-bond donors (Lipinski definition) is 1. The number of hydrogen-bond acceptors (Lipinski definition) is 7. The third kappa shape index (κ3) is 5.05. The van der Waals surface area contributed by atoms with Crippen LogP contribution >= 0.6 is 11.8 Å². The Labute approximate surface area is 170 Å². The molecule has 2 aromatic carbocycles. The molecule has 10 heteroatoms. The van der Waals surface area contributed by atoms with E-state index in [4.69, 9.17) is 0 Å². The van der Waals surface area contributed by atoms with Gasteiger partial charge in [0.05, 0.1) is 22.1 Å². The summed E-state index contributed by atoms with van der Waals surface area (Å²) in [6.45, 7) is 1.73. The van der Waals surface area contributed by atoms with Crippen molar-refractivity contribution in [1.82, 2.24) is 5.43 Å². The molecule has 1 atom stereocenters. The fourth-order valence-electron chi connectivity index (χ4n) is 2.53. The predicted octanol–water partition coefficient (Wildman–Crippen LogP) is 2.83. The molecular formula is C19H17N5O4S. The number of rotatable bonds is 7. The summed E-state index contributed by atoms with van der Waals surface area (Å²) >= 11 is 1.22. The minimum absolute atomic E-state index is 0.00814. The number of benzene rings is 2. The van der Waals surface area contributed by atoms with E-state index < -0.39 is 10.8 Å². The second-order valence-electron chi connectivity index (χ2n) is 6.06. The Balaban J connectivity index is 1.50. The Hall–Kier alpha value is -3.53. The first kappa shape index (κ1) is 20.2. The Morgan fingerprint density at radius 1 is 1.28 bits per heavy atom. The van der Waals surface area contributed by atoms with E-state index in [1.54, 1.807) is 31.2 Å². The van der Waals surface area contributed by atoms with Gasteiger partial charge in [0.15, 0.2) is 0 Å². The molecule has 9 nitrogen and oxygen atoms in total. The predicted molar refractivity (Wildman–Crippen MR) is 111 cm³/mol. The monoisotopic (exact) mass is 411 g/mol. The van der Waals surface area contributed by atoms with Crippen molar-refractivity contribution >= 4 is 46.9 Å². The molecule has 0 fully saturated rings. The summed E-state index contributed by atoms with van der Waals surface area (Å²) in [7, 11) is 0. The third-order valence-electron chi connectivity index (χ3n) is 4.01. The molecule has 0 radical (unpaired) electrons. The molecule has 0 bridgehead atoms. The van der Waals surface area contributed by atoms with Crippen molar-refractivity contribution in [3.8, 4) is 0 Å². The van der Waals surface area contributed by atoms with Gasteiger partial charge < -0.3 is 0 Å². The molecular weight excluding hydrogens is 394 g/mol. The summed E-state index contributed by atoms with van der Waals surface area (Å²) in [5, 5.41) is 20.1. The standard InChI is InChI=1S/C19H17N5O4S/c1-13-17(19(26)23(22-13)14-5-3-2-4-6-14)11-20-21-18(25)12-29-16-9-7-15(8-10-16)24(27)28/h2-11,17H,12H2,1H3,(H,21,25)/b20-11-/t17-/m1/s1. The second kappa shape index (κ2) is 9.11. The van der Waals surface area contributed by atoms with Crippen molar-refractivity contribution in [2.45, 2.75) is 11.8 Å². The average molecular weight is 411 g/mol. The molecule has 1 aliphatic rings. The highest BCUT2D eigenvalue weighted by molar-refractivity contribution is 8.00. The molecule has 0 aromatic heterocycles. The Morgan fingerprint density at radius 3 is 2.62 bits per heavy atom. The molecule has 148 valence electrons. The number of carbonyl (C=O) groups excluding carboxylic acids is 2. The molecule has 0 unspecified atom stereocenters. The van der Waals surface area contributed by atoms with Gasteiger partial charge in [-0.15, -0.1) is 11.8 Å². The Kier molecular flexibility index (Phi) is 6.35. The zero-order valence-corrected chi connectivity index (χ0v) is 16.2. The molecule has 2 amide bonds. The molecule has 0 spiro atoms. The number of thioether (sulfide) groups is 1. The molecule has 1 N–H and O–H groups in total. The van der Waals surface area contributed by atoms with Gasteiger partial charge in [0.25, 0.3) is 11.6 Å². The number of nitro groups is 1. The minimum atomic E-state index is -0.641. The maximum atomic E-state index is 12.5. The summed E-state index contributed by atoms with van der Waals surface area (Å²) in [6, 6.07) is 15.0. The van der Waals surface area contributed by atoms with Crippen molar-refractivity contribution in [2.24, 2.45) is 16.1 Å². The molecule has 0 aliphatic carbocycles. The lowest BCUT2D eigenvalue weighted by atomic mass is 10.1. The van der Waals surface area contributed by atoms with Crippen LogP contribution in [0.5, 0.6) is 0 Å². The average Bonchev–Trinajstić information content (AvgIpc) is 3.01. The second-order valence-corrected chi connectivity index (χ2v) is 7.11. The minimum Gasteiger partial charge on any atom is -0.272 e. The lowest BCUT2D eigenvalue weighted by Crippen LogP contribution is -2.29. The summed E-state index contributed by atoms with van der Waals surface area (Å²) in [4.78, 5) is 35.3. The first-order chi connectivity index (χ1) is 14.0. The molecule has 0 saturated heterocycles. The number of non-ortho nitro benzene ring substituents is 1. The fraction of sp³-hybridized carbons (Fsp3) is 0.158. The molecule has 0 saturated carbocycles. The number of carbonyl (C=O) groups is 2. The van der Waals surface area contributed by atoms with E-state index in [-0.39, 0.29) is 23.3 Å². The number of para-hydroxylation sites is 1. The van der Waals surface area contributed by atoms with E-state index >= 15 is 0 Å². The lowest BCUT2D eigenvalue weighted by Gasteiger charge is -2.12. The number of nitro benzene ring substituents is 1. The van der Waals surface area contributed by atoms with Crippen LogP contribution in [0, 0.1) is 16.0 Å². The van der Waals surface area contributed by atoms with Crippen molar-refractivity contribution in [1.29, 1.82) is 0 Å². The van der Waals surface area contributed by atoms with Gasteiger partial charge >= 0.3 is 0 Å². The number of hydrazone groups is 2. The lowest BCUT2D eigenvalue weighted by molar-refractivity contribution is -0.384. The number of nitrogens with one attached hydrogen (secondary N) is 1. The van der Waals surface area contributed by atoms with E-state index in [0.29, 0.717) is 11.4 Å². The van der Waals surface area contributed by atoms with Crippen molar-refractivity contribution in [3.05, 3.63) is 64.7 Å². The van der Waals surface area contributed by atoms with Crippen LogP contribution in [0.4, 0.5) is 11.4 Å². The first-order valence-electron chi connectivity index (χ1n) is 8.59. The largest absolute Gasteiger partial charge is 0.272 e. The fourth-order valence-corrected chi connectivity index (χ4v) is 3.23. The number of anilines is 1. The third-order valence-corrected chi connectivity index (χ3v) is 5.03. The zero-order valence-electron chi connectivity index (χ0n) is 15.4. The van der Waals surface area contributed by atoms with Gasteiger partial charge in [-0.05, 0) is 31.2 Å². The maximum Gasteiger partial charge on any atom is 0.269 e. The van der Waals surface area contributed by atoms with Gasteiger partial charge in [0.2, 0.25) is 5.91 Å². The van der Waals surface area contributed by atoms with Gasteiger partial charge in [-0.1, -0.05) is 18.2 Å². The van der Waals surface area contributed by atoms with Crippen molar-refractivity contribution in [3.63, 3.8) is 0 Å². The van der Waals surface area contributed by atoms with Crippen molar-refractivity contribution in [2.75, 3.05) is 10.8 Å². The van der Waals surface area contributed by atoms with Crippen LogP contribution in [0.3, 0.4) is 0 Å². The van der Waals surface area contributed by atoms with E-state index in [0.717, 1.165) is 4.90 Å². The first-order valence-corrected chi connectivity index (χ1v) is 9.57. The topological polar surface area (TPSA) is 117 Å². The zero-order chi connectivity index (χ0) is 20.8. The van der Waals surface area contributed by atoms with Gasteiger partial charge in [0.1, 0.15) is 5.92 Å². The number of amides is 2. The van der Waals surface area contributed by atoms with Crippen LogP contribution in [0.2, 0.25) is 0 Å². The highest BCUT2D eigenvalue weighted by Crippen LogP contribution is 2.23. The molecule has 29 heavy (non-hydrogen) atoms. The molecule has 3 rings (SSSR count). The van der Waals surface area contributed by atoms with E-state index in [9.17, 15) is 19.7 Å². The maximum absolute atomic E-state index is 12.5. The van der Waals surface area contributed by atoms with Crippen LogP contribution in [-0.4, -0.2) is 34.4 Å². The molecule has 1 aliphatic heterocycles. The van der Waals surface area contributed by atoms with Crippen LogP contribution < -0.4 is 10.4 Å². The summed E-state index contributed by atoms with van der Waals surface area (Å²) in [5.41, 5.74) is 3.62. The van der Waals surface area contributed by atoms with E-state index in [2.05, 4.69) is 15.6 Å². The van der Waals surface area contributed by atoms with Gasteiger partial charge in [-0.25, -0.2) is 5.43 Å². The van der Waals surface area contributed by atoms with Crippen molar-refractivity contribution < 1.29 is 14.5 Å². The van der Waals surface area contributed by atoms with Gasteiger partial charge in [-0.2, -0.15) is 15.2 Å². The Morgan fingerprint density at radius 2 is 1.97 bits per heavy atom. The van der Waals surface area contributed by atoms with Gasteiger partial charge in [0, 0.05) is 23.2 Å². The van der Waals surface area contributed by atoms with Crippen LogP contribution in [0.25, 0.3) is 0 Å². The number of nitrogens with zero attached hydrogens (tertiary/aromatic N) is 4. The highest BCUT2D eigenvalue weighted by Gasteiger charge is 2.33. The molecule has 1 heterocycles. The van der Waals surface area contributed by atoms with Crippen LogP contribution in [-0.2, 0) is 9.59 Å². The highest BCUT2D eigenvalue weighted by atomic mass is 32.2. The summed E-state index contributed by atoms with van der Waals surface area (Å²) in [6.07, 6.45) is 1.36. The van der Waals surface area contributed by atoms with E-state index in [1.807, 2.05) is 18.2 Å².